The molecule has 1 rings (SSSR count). The molecule has 0 aliphatic rings. The van der Waals surface area contributed by atoms with E-state index in [1.54, 1.807) is 19.1 Å². The predicted octanol–water partition coefficient (Wildman–Crippen LogP) is 3.20. The molecule has 70 valence electrons. The summed E-state index contributed by atoms with van der Waals surface area (Å²) < 4.78 is 13.4. The second-order valence-corrected chi connectivity index (χ2v) is 3.78. The van der Waals surface area contributed by atoms with Crippen molar-refractivity contribution < 1.29 is 9.50 Å². The van der Waals surface area contributed by atoms with Crippen LogP contribution in [0.1, 0.15) is 18.6 Å². The van der Waals surface area contributed by atoms with Crippen molar-refractivity contribution in [3.8, 4) is 0 Å². The molecule has 1 nitrogen and oxygen atoms in total. The van der Waals surface area contributed by atoms with Gasteiger partial charge >= 0.3 is 0 Å². The zero-order chi connectivity index (χ0) is 10.0. The molecule has 0 aliphatic heterocycles. The Hall–Kier alpha value is -0.670. The van der Waals surface area contributed by atoms with E-state index >= 15 is 0 Å². The molecule has 0 radical (unpaired) electrons. The van der Waals surface area contributed by atoms with Gasteiger partial charge in [-0.15, -0.1) is 0 Å². The molecule has 0 amide bonds. The van der Waals surface area contributed by atoms with Crippen LogP contribution in [0.4, 0.5) is 4.39 Å². The standard InChI is InChI=1S/C10H10BrFO/c1-6(2)10(13)7-3-4-8(11)9(12)5-7/h3-5,10,13H,1H2,2H3. The van der Waals surface area contributed by atoms with Crippen molar-refractivity contribution in [3.63, 3.8) is 0 Å². The molecule has 0 aliphatic carbocycles. The van der Waals surface area contributed by atoms with Crippen molar-refractivity contribution in [2.45, 2.75) is 13.0 Å². The van der Waals surface area contributed by atoms with Crippen LogP contribution in [0.25, 0.3) is 0 Å². The number of rotatable bonds is 2. The summed E-state index contributed by atoms with van der Waals surface area (Å²) in [4.78, 5) is 0. The van der Waals surface area contributed by atoms with Gasteiger partial charge in [0.15, 0.2) is 0 Å². The first-order valence-electron chi connectivity index (χ1n) is 3.81. The Morgan fingerprint density at radius 2 is 2.23 bits per heavy atom. The third kappa shape index (κ3) is 2.39. The van der Waals surface area contributed by atoms with Crippen LogP contribution in [0, 0.1) is 5.82 Å². The second kappa shape index (κ2) is 4.03. The minimum absolute atomic E-state index is 0.377. The number of aliphatic hydroxyl groups excluding tert-OH is 1. The molecule has 0 bridgehead atoms. The average molecular weight is 245 g/mol. The van der Waals surface area contributed by atoms with Gasteiger partial charge in [-0.05, 0) is 46.1 Å². The Kier molecular flexibility index (Phi) is 3.22. The van der Waals surface area contributed by atoms with Gasteiger partial charge in [0.05, 0.1) is 10.6 Å². The molecule has 0 saturated heterocycles. The first-order valence-corrected chi connectivity index (χ1v) is 4.60. The van der Waals surface area contributed by atoms with E-state index in [-0.39, 0.29) is 5.82 Å². The van der Waals surface area contributed by atoms with E-state index in [2.05, 4.69) is 22.5 Å². The first kappa shape index (κ1) is 10.4. The van der Waals surface area contributed by atoms with Gasteiger partial charge in [-0.1, -0.05) is 12.6 Å². The molecule has 0 saturated carbocycles. The molecule has 3 heteroatoms. The zero-order valence-electron chi connectivity index (χ0n) is 7.22. The summed E-state index contributed by atoms with van der Waals surface area (Å²) in [6.07, 6.45) is -0.789. The minimum Gasteiger partial charge on any atom is -0.384 e. The van der Waals surface area contributed by atoms with Gasteiger partial charge in [0.25, 0.3) is 0 Å². The summed E-state index contributed by atoms with van der Waals surface area (Å²) in [5.74, 6) is -0.377. The highest BCUT2D eigenvalue weighted by molar-refractivity contribution is 9.10. The van der Waals surface area contributed by atoms with Crippen LogP contribution >= 0.6 is 15.9 Å². The van der Waals surface area contributed by atoms with Crippen LogP contribution in [0.2, 0.25) is 0 Å². The van der Waals surface area contributed by atoms with Crippen molar-refractivity contribution in [2.75, 3.05) is 0 Å². The quantitative estimate of drug-likeness (QED) is 0.793. The van der Waals surface area contributed by atoms with E-state index in [1.165, 1.54) is 6.07 Å². The molecule has 1 aromatic rings. The van der Waals surface area contributed by atoms with Gasteiger partial charge in [-0.3, -0.25) is 0 Å². The smallest absolute Gasteiger partial charge is 0.137 e. The molecule has 1 atom stereocenters. The largest absolute Gasteiger partial charge is 0.384 e. The average Bonchev–Trinajstić information content (AvgIpc) is 2.08. The Morgan fingerprint density at radius 1 is 1.62 bits per heavy atom. The van der Waals surface area contributed by atoms with Gasteiger partial charge in [0.2, 0.25) is 0 Å². The molecule has 1 unspecified atom stereocenters. The van der Waals surface area contributed by atoms with Crippen LogP contribution in [0.15, 0.2) is 34.8 Å². The maximum atomic E-state index is 13.0. The highest BCUT2D eigenvalue weighted by atomic mass is 79.9. The summed E-state index contributed by atoms with van der Waals surface area (Å²) >= 11 is 3.04. The lowest BCUT2D eigenvalue weighted by Crippen LogP contribution is -1.98. The number of halogens is 2. The minimum atomic E-state index is -0.789. The van der Waals surface area contributed by atoms with Crippen molar-refractivity contribution in [1.82, 2.24) is 0 Å². The third-order valence-electron chi connectivity index (χ3n) is 1.73. The summed E-state index contributed by atoms with van der Waals surface area (Å²) in [7, 11) is 0. The van der Waals surface area contributed by atoms with Crippen LogP contribution in [0.3, 0.4) is 0 Å². The van der Waals surface area contributed by atoms with Crippen molar-refractivity contribution >= 4 is 15.9 Å². The van der Waals surface area contributed by atoms with Gasteiger partial charge in [0, 0.05) is 0 Å². The fraction of sp³-hybridized carbons (Fsp3) is 0.200. The lowest BCUT2D eigenvalue weighted by Gasteiger charge is -2.10. The molecule has 1 N–H and O–H groups in total. The third-order valence-corrected chi connectivity index (χ3v) is 2.37. The fourth-order valence-corrected chi connectivity index (χ4v) is 1.21. The highest BCUT2D eigenvalue weighted by Gasteiger charge is 2.09. The normalized spacial score (nSPS) is 12.6. The van der Waals surface area contributed by atoms with Crippen LogP contribution in [-0.4, -0.2) is 5.11 Å². The van der Waals surface area contributed by atoms with Gasteiger partial charge in [-0.2, -0.15) is 0 Å². The lowest BCUT2D eigenvalue weighted by atomic mass is 10.0. The Morgan fingerprint density at radius 3 is 2.69 bits per heavy atom. The van der Waals surface area contributed by atoms with Gasteiger partial charge in [-0.25, -0.2) is 4.39 Å². The molecule has 0 aromatic heterocycles. The summed E-state index contributed by atoms with van der Waals surface area (Å²) in [5.41, 5.74) is 1.12. The summed E-state index contributed by atoms with van der Waals surface area (Å²) in [6.45, 7) is 5.30. The maximum Gasteiger partial charge on any atom is 0.137 e. The van der Waals surface area contributed by atoms with E-state index in [4.69, 9.17) is 0 Å². The molecule has 0 spiro atoms. The van der Waals surface area contributed by atoms with E-state index in [0.717, 1.165) is 0 Å². The number of hydrogen-bond donors (Lipinski definition) is 1. The second-order valence-electron chi connectivity index (χ2n) is 2.92. The van der Waals surface area contributed by atoms with E-state index in [0.29, 0.717) is 15.6 Å². The number of benzene rings is 1. The molecule has 1 aromatic carbocycles. The Bertz CT molecular complexity index is 336. The topological polar surface area (TPSA) is 20.2 Å². The maximum absolute atomic E-state index is 13.0. The molecule has 0 heterocycles. The Balaban J connectivity index is 3.03. The van der Waals surface area contributed by atoms with Crippen molar-refractivity contribution in [2.24, 2.45) is 0 Å². The van der Waals surface area contributed by atoms with E-state index in [1.807, 2.05) is 0 Å². The van der Waals surface area contributed by atoms with Crippen LogP contribution in [-0.2, 0) is 0 Å². The number of hydrogen-bond acceptors (Lipinski definition) is 1. The van der Waals surface area contributed by atoms with Crippen molar-refractivity contribution in [1.29, 1.82) is 0 Å². The Labute approximate surface area is 85.0 Å². The van der Waals surface area contributed by atoms with Gasteiger partial charge in [0.1, 0.15) is 5.82 Å². The highest BCUT2D eigenvalue weighted by Crippen LogP contribution is 2.23. The fourth-order valence-electron chi connectivity index (χ4n) is 0.967. The van der Waals surface area contributed by atoms with Crippen molar-refractivity contribution in [3.05, 3.63) is 46.2 Å². The predicted molar refractivity (Wildman–Crippen MR) is 53.9 cm³/mol. The molecular weight excluding hydrogens is 235 g/mol. The number of aliphatic hydroxyl groups is 1. The monoisotopic (exact) mass is 244 g/mol. The zero-order valence-corrected chi connectivity index (χ0v) is 8.81. The first-order chi connectivity index (χ1) is 6.02. The SMILES string of the molecule is C=C(C)C(O)c1ccc(Br)c(F)c1. The molecule has 13 heavy (non-hydrogen) atoms. The summed E-state index contributed by atoms with van der Waals surface area (Å²) in [6, 6.07) is 4.52. The summed E-state index contributed by atoms with van der Waals surface area (Å²) in [5, 5.41) is 9.53. The van der Waals surface area contributed by atoms with Crippen LogP contribution in [0.5, 0.6) is 0 Å². The molecule has 0 fully saturated rings. The van der Waals surface area contributed by atoms with Gasteiger partial charge < -0.3 is 5.11 Å². The lowest BCUT2D eigenvalue weighted by molar-refractivity contribution is 0.216. The van der Waals surface area contributed by atoms with E-state index in [9.17, 15) is 9.50 Å². The van der Waals surface area contributed by atoms with E-state index < -0.39 is 6.10 Å². The van der Waals surface area contributed by atoms with Crippen LogP contribution < -0.4 is 0 Å². The molecular formula is C10H10BrFO.